The second-order valence-corrected chi connectivity index (χ2v) is 4.16. The van der Waals surface area contributed by atoms with E-state index in [0.717, 1.165) is 0 Å². The molecule has 1 heterocycles. The molecule has 1 saturated heterocycles. The zero-order valence-electron chi connectivity index (χ0n) is 9.05. The van der Waals surface area contributed by atoms with Crippen LogP contribution in [-0.2, 0) is 4.74 Å². The lowest BCUT2D eigenvalue weighted by Gasteiger charge is -2.38. The summed E-state index contributed by atoms with van der Waals surface area (Å²) < 4.78 is 42.3. The number of ether oxygens (including phenoxy) is 1. The molecule has 1 fully saturated rings. The molecular weight excluding hydrogens is 206 g/mol. The molecule has 2 nitrogen and oxygen atoms in total. The molecule has 1 rings (SSSR count). The molecule has 2 atom stereocenters. The first kappa shape index (κ1) is 12.6. The molecule has 0 saturated carbocycles. The molecular formula is C9H16BF3NO-. The van der Waals surface area contributed by atoms with Crippen molar-refractivity contribution in [2.24, 2.45) is 0 Å². The Bertz CT molecular complexity index is 244. The van der Waals surface area contributed by atoms with Crippen LogP contribution in [0.25, 0.3) is 0 Å². The zero-order valence-corrected chi connectivity index (χ0v) is 9.05. The molecule has 0 N–H and O–H groups in total. The lowest BCUT2D eigenvalue weighted by Crippen LogP contribution is -2.49. The van der Waals surface area contributed by atoms with E-state index in [1.54, 1.807) is 4.90 Å². The van der Waals surface area contributed by atoms with E-state index in [2.05, 4.69) is 6.58 Å². The van der Waals surface area contributed by atoms with E-state index < -0.39 is 12.4 Å². The van der Waals surface area contributed by atoms with Gasteiger partial charge in [0.2, 0.25) is 0 Å². The maximum atomic E-state index is 12.3. The van der Waals surface area contributed by atoms with Crippen LogP contribution in [0.1, 0.15) is 13.8 Å². The Morgan fingerprint density at radius 1 is 1.47 bits per heavy atom. The van der Waals surface area contributed by atoms with Gasteiger partial charge in [0.15, 0.2) is 0 Å². The van der Waals surface area contributed by atoms with Crippen molar-refractivity contribution in [3.63, 3.8) is 0 Å². The van der Waals surface area contributed by atoms with Gasteiger partial charge in [-0.15, -0.1) is 12.1 Å². The number of morpholine rings is 1. The third-order valence-corrected chi connectivity index (χ3v) is 2.61. The van der Waals surface area contributed by atoms with Crippen LogP contribution in [0.2, 0.25) is 0 Å². The highest BCUT2D eigenvalue weighted by Crippen LogP contribution is 2.21. The Hall–Kier alpha value is -0.485. The maximum absolute atomic E-state index is 12.3. The van der Waals surface area contributed by atoms with E-state index >= 15 is 0 Å². The van der Waals surface area contributed by atoms with Crippen molar-refractivity contribution < 1.29 is 17.7 Å². The Morgan fingerprint density at radius 3 is 2.60 bits per heavy atom. The van der Waals surface area contributed by atoms with E-state index in [0.29, 0.717) is 13.2 Å². The molecule has 0 radical (unpaired) electrons. The van der Waals surface area contributed by atoms with Crippen LogP contribution in [0, 0.1) is 0 Å². The van der Waals surface area contributed by atoms with Crippen molar-refractivity contribution in [2.75, 3.05) is 19.7 Å². The Morgan fingerprint density at radius 2 is 2.07 bits per heavy atom. The third kappa shape index (κ3) is 3.54. The highest BCUT2D eigenvalue weighted by molar-refractivity contribution is 6.66. The summed E-state index contributed by atoms with van der Waals surface area (Å²) in [5.74, 6) is 0. The second-order valence-electron chi connectivity index (χ2n) is 4.16. The van der Waals surface area contributed by atoms with Crippen LogP contribution in [0.5, 0.6) is 0 Å². The summed E-state index contributed by atoms with van der Waals surface area (Å²) in [6, 6.07) is 0.0242. The van der Waals surface area contributed by atoms with E-state index in [-0.39, 0.29) is 18.7 Å². The van der Waals surface area contributed by atoms with Gasteiger partial charge in [-0.1, -0.05) is 0 Å². The predicted molar refractivity (Wildman–Crippen MR) is 54.7 cm³/mol. The van der Waals surface area contributed by atoms with Crippen LogP contribution >= 0.6 is 0 Å². The molecule has 0 spiro atoms. The number of nitrogens with zero attached hydrogens (tertiary/aromatic N) is 1. The number of hydrogen-bond donors (Lipinski definition) is 0. The van der Waals surface area contributed by atoms with E-state index in [1.165, 1.54) is 0 Å². The lowest BCUT2D eigenvalue weighted by atomic mass is 9.80. The van der Waals surface area contributed by atoms with Gasteiger partial charge in [0.25, 0.3) is 0 Å². The minimum absolute atomic E-state index is 0.00488. The average Bonchev–Trinajstić information content (AvgIpc) is 2.09. The van der Waals surface area contributed by atoms with Crippen LogP contribution in [-0.4, -0.2) is 43.7 Å². The van der Waals surface area contributed by atoms with Gasteiger partial charge in [-0.3, -0.25) is 4.90 Å². The molecule has 0 aromatic rings. The minimum Gasteiger partial charge on any atom is -0.445 e. The molecule has 6 heteroatoms. The normalized spacial score (nSPS) is 29.1. The summed E-state index contributed by atoms with van der Waals surface area (Å²) in [4.78, 5) is 1.77. The predicted octanol–water partition coefficient (Wildman–Crippen LogP) is 2.04. The Balaban J connectivity index is 2.53. The van der Waals surface area contributed by atoms with Crippen LogP contribution in [0.4, 0.5) is 12.9 Å². The van der Waals surface area contributed by atoms with Gasteiger partial charge in [0.1, 0.15) is 0 Å². The quantitative estimate of drug-likeness (QED) is 0.677. The van der Waals surface area contributed by atoms with Crippen molar-refractivity contribution in [3.8, 4) is 0 Å². The first-order valence-electron chi connectivity index (χ1n) is 5.04. The summed E-state index contributed by atoms with van der Waals surface area (Å²) in [5, 5.41) is 0. The maximum Gasteiger partial charge on any atom is 0.506 e. The summed E-state index contributed by atoms with van der Waals surface area (Å²) >= 11 is 0. The first-order chi connectivity index (χ1) is 6.80. The molecule has 1 aliphatic rings. The highest BCUT2D eigenvalue weighted by Gasteiger charge is 2.31. The fourth-order valence-electron chi connectivity index (χ4n) is 1.56. The van der Waals surface area contributed by atoms with Crippen molar-refractivity contribution in [1.29, 1.82) is 0 Å². The zero-order chi connectivity index (χ0) is 11.6. The van der Waals surface area contributed by atoms with Crippen molar-refractivity contribution in [3.05, 3.63) is 12.1 Å². The van der Waals surface area contributed by atoms with E-state index in [1.807, 2.05) is 13.8 Å². The van der Waals surface area contributed by atoms with Gasteiger partial charge in [-0.25, -0.2) is 0 Å². The van der Waals surface area contributed by atoms with Gasteiger partial charge in [0, 0.05) is 12.6 Å². The average molecular weight is 222 g/mol. The summed E-state index contributed by atoms with van der Waals surface area (Å²) in [6.45, 7) is 2.83. The van der Waals surface area contributed by atoms with Gasteiger partial charge < -0.3 is 17.7 Å². The summed E-state index contributed by atoms with van der Waals surface area (Å²) in [5.41, 5.74) is -0.629. The summed E-state index contributed by atoms with van der Waals surface area (Å²) in [6.07, 6.45) is -0.00488. The molecule has 0 aromatic heterocycles. The third-order valence-electron chi connectivity index (χ3n) is 2.61. The highest BCUT2D eigenvalue weighted by atomic mass is 19.4. The molecule has 0 bridgehead atoms. The van der Waals surface area contributed by atoms with Gasteiger partial charge in [-0.05, 0) is 20.4 Å². The lowest BCUT2D eigenvalue weighted by molar-refractivity contribution is -0.0454. The standard InChI is InChI=1S/C9H16BF3NO/c1-7(10(11,12)13)4-14-5-9(3)15-6-8(14)2/h8-9H,1,4-6H2,2-3H3/q-1. The fourth-order valence-corrected chi connectivity index (χ4v) is 1.56. The molecule has 15 heavy (non-hydrogen) atoms. The smallest absolute Gasteiger partial charge is 0.445 e. The van der Waals surface area contributed by atoms with E-state index in [9.17, 15) is 12.9 Å². The minimum atomic E-state index is -4.91. The topological polar surface area (TPSA) is 12.5 Å². The SMILES string of the molecule is C=C(CN1CC(C)OCC1C)[B-](F)(F)F. The van der Waals surface area contributed by atoms with Crippen molar-refractivity contribution in [2.45, 2.75) is 26.0 Å². The Labute approximate surface area is 88.1 Å². The molecule has 88 valence electrons. The molecule has 0 aliphatic carbocycles. The van der Waals surface area contributed by atoms with Gasteiger partial charge in [-0.2, -0.15) is 0 Å². The summed E-state index contributed by atoms with van der Waals surface area (Å²) in [7, 11) is 0. The van der Waals surface area contributed by atoms with Gasteiger partial charge in [0.05, 0.1) is 12.7 Å². The molecule has 0 aromatic carbocycles. The molecule has 2 unspecified atom stereocenters. The van der Waals surface area contributed by atoms with Gasteiger partial charge >= 0.3 is 6.98 Å². The number of rotatable bonds is 3. The second kappa shape index (κ2) is 4.57. The number of halogens is 3. The largest absolute Gasteiger partial charge is 0.506 e. The Kier molecular flexibility index (Phi) is 3.84. The number of hydrogen-bond acceptors (Lipinski definition) is 2. The van der Waals surface area contributed by atoms with Crippen molar-refractivity contribution in [1.82, 2.24) is 4.90 Å². The molecule has 1 aliphatic heterocycles. The van der Waals surface area contributed by atoms with Crippen molar-refractivity contribution >= 4 is 6.98 Å². The van der Waals surface area contributed by atoms with Crippen LogP contribution in [0.15, 0.2) is 12.1 Å². The monoisotopic (exact) mass is 222 g/mol. The fraction of sp³-hybridized carbons (Fsp3) is 0.778. The van der Waals surface area contributed by atoms with E-state index in [4.69, 9.17) is 4.74 Å². The first-order valence-corrected chi connectivity index (χ1v) is 5.04. The molecule has 0 amide bonds. The van der Waals surface area contributed by atoms with Crippen LogP contribution in [0.3, 0.4) is 0 Å². The van der Waals surface area contributed by atoms with Crippen LogP contribution < -0.4 is 0 Å².